The van der Waals surface area contributed by atoms with Gasteiger partial charge >= 0.3 is 11.9 Å². The Bertz CT molecular complexity index is 2410. The average Bonchev–Trinajstić information content (AvgIpc) is 3.89. The first-order valence-corrected chi connectivity index (χ1v) is 19.1. The highest BCUT2D eigenvalue weighted by Gasteiger charge is 2.39. The molecule has 300 valence electrons. The zero-order valence-corrected chi connectivity index (χ0v) is 31.8. The average molecular weight is 788 g/mol. The number of likely N-dealkylation sites (N-methyl/N-ethyl adjacent to an activating group) is 1. The van der Waals surface area contributed by atoms with E-state index >= 15 is 0 Å². The van der Waals surface area contributed by atoms with Gasteiger partial charge in [0.15, 0.2) is 0 Å². The van der Waals surface area contributed by atoms with Gasteiger partial charge in [-0.05, 0) is 87.5 Å². The number of benzene rings is 2. The number of piperidine rings is 1. The zero-order valence-electron chi connectivity index (χ0n) is 31.8. The van der Waals surface area contributed by atoms with Crippen molar-refractivity contribution in [3.05, 3.63) is 82.7 Å². The molecule has 5 heterocycles. The minimum atomic E-state index is -4.65. The maximum Gasteiger partial charge on any atom is 0.433 e. The van der Waals surface area contributed by atoms with Gasteiger partial charge in [0.1, 0.15) is 17.4 Å². The second kappa shape index (κ2) is 15.1. The summed E-state index contributed by atoms with van der Waals surface area (Å²) in [4.78, 5) is 59.0. The SMILES string of the molecule is CO[C@@H]1CN(c2cccc3c2n(C)c(=O)n3C2CCC(=O)NC2=O)C[C@H]1N(C)C[C@H]1CC[C@H](n2cc3cc(NC(=O)c4cccc(C(F)(F)F)n4)ccc3n2)CC1. The predicted octanol–water partition coefficient (Wildman–Crippen LogP) is 4.90. The third-order valence-electron chi connectivity index (χ3n) is 11.8. The largest absolute Gasteiger partial charge is 0.433 e. The molecule has 1 saturated carbocycles. The van der Waals surface area contributed by atoms with Crippen LogP contribution in [0.25, 0.3) is 21.9 Å². The fourth-order valence-corrected chi connectivity index (χ4v) is 8.87. The van der Waals surface area contributed by atoms with Crippen LogP contribution >= 0.6 is 0 Å². The number of pyridine rings is 1. The number of nitrogens with one attached hydrogen (secondary N) is 2. The Kier molecular flexibility index (Phi) is 10.1. The molecule has 57 heavy (non-hydrogen) atoms. The van der Waals surface area contributed by atoms with Gasteiger partial charge in [-0.1, -0.05) is 12.1 Å². The summed E-state index contributed by atoms with van der Waals surface area (Å²) in [6.45, 7) is 2.22. The number of amides is 3. The van der Waals surface area contributed by atoms with Crippen molar-refractivity contribution in [1.29, 1.82) is 0 Å². The molecule has 0 radical (unpaired) electrons. The molecule has 1 unspecified atom stereocenters. The molecule has 3 aromatic heterocycles. The minimum Gasteiger partial charge on any atom is -0.378 e. The Balaban J connectivity index is 0.897. The zero-order chi connectivity index (χ0) is 40.2. The number of fused-ring (bicyclic) bond motifs is 2. The highest BCUT2D eigenvalue weighted by atomic mass is 19.4. The molecule has 2 saturated heterocycles. The lowest BCUT2D eigenvalue weighted by Crippen LogP contribution is -2.44. The minimum absolute atomic E-state index is 0.0664. The number of imidazole rings is 1. The van der Waals surface area contributed by atoms with E-state index in [4.69, 9.17) is 9.84 Å². The summed E-state index contributed by atoms with van der Waals surface area (Å²) < 4.78 is 50.4. The molecule has 8 rings (SSSR count). The van der Waals surface area contributed by atoms with Crippen molar-refractivity contribution in [3.8, 4) is 0 Å². The third kappa shape index (κ3) is 7.41. The monoisotopic (exact) mass is 787 g/mol. The quantitative estimate of drug-likeness (QED) is 0.199. The summed E-state index contributed by atoms with van der Waals surface area (Å²) in [5.41, 5.74) is 1.73. The molecule has 3 atom stereocenters. The molecule has 5 aromatic rings. The summed E-state index contributed by atoms with van der Waals surface area (Å²) in [5, 5.41) is 10.6. The van der Waals surface area contributed by atoms with Crippen LogP contribution in [0.1, 0.15) is 66.8 Å². The highest BCUT2D eigenvalue weighted by molar-refractivity contribution is 6.04. The van der Waals surface area contributed by atoms with Gasteiger partial charge in [-0.25, -0.2) is 9.78 Å². The van der Waals surface area contributed by atoms with Crippen LogP contribution in [0.5, 0.6) is 0 Å². The van der Waals surface area contributed by atoms with E-state index < -0.39 is 29.7 Å². The fourth-order valence-electron chi connectivity index (χ4n) is 8.87. The van der Waals surface area contributed by atoms with E-state index in [1.54, 1.807) is 36.9 Å². The molecule has 3 amide bonds. The van der Waals surface area contributed by atoms with Gasteiger partial charge in [0.2, 0.25) is 11.8 Å². The Labute approximate surface area is 325 Å². The maximum atomic E-state index is 13.5. The number of para-hydroxylation sites is 1. The molecular formula is C40H44F3N9O5. The Hall–Kier alpha value is -5.55. The number of imide groups is 1. The van der Waals surface area contributed by atoms with Crippen LogP contribution in [0, 0.1) is 5.92 Å². The van der Waals surface area contributed by atoms with Gasteiger partial charge in [-0.3, -0.25) is 38.4 Å². The number of rotatable bonds is 9. The Morgan fingerprint density at radius 1 is 1.02 bits per heavy atom. The number of carbonyl (C=O) groups excluding carboxylic acids is 3. The molecule has 2 N–H and O–H groups in total. The number of halogens is 3. The van der Waals surface area contributed by atoms with E-state index in [0.717, 1.165) is 66.5 Å². The van der Waals surface area contributed by atoms with Crippen molar-refractivity contribution in [2.24, 2.45) is 13.0 Å². The lowest BCUT2D eigenvalue weighted by molar-refractivity contribution is -0.141. The summed E-state index contributed by atoms with van der Waals surface area (Å²) in [5.74, 6) is -1.05. The number of hydrogen-bond acceptors (Lipinski definition) is 9. The first-order chi connectivity index (χ1) is 27.3. The van der Waals surface area contributed by atoms with Crippen LogP contribution in [0.4, 0.5) is 24.5 Å². The van der Waals surface area contributed by atoms with Crippen molar-refractivity contribution >= 4 is 51.0 Å². The Morgan fingerprint density at radius 2 is 1.79 bits per heavy atom. The van der Waals surface area contributed by atoms with Gasteiger partial charge in [0, 0.05) is 57.5 Å². The first kappa shape index (κ1) is 38.3. The summed E-state index contributed by atoms with van der Waals surface area (Å²) in [6, 6.07) is 13.8. The molecule has 3 aliphatic rings. The van der Waals surface area contributed by atoms with Crippen LogP contribution in [0.2, 0.25) is 0 Å². The van der Waals surface area contributed by atoms with Crippen molar-refractivity contribution in [1.82, 2.24) is 34.1 Å². The van der Waals surface area contributed by atoms with Crippen molar-refractivity contribution in [2.75, 3.05) is 44.0 Å². The van der Waals surface area contributed by atoms with Gasteiger partial charge in [0.25, 0.3) is 5.91 Å². The number of methoxy groups -OCH3 is 1. The lowest BCUT2D eigenvalue weighted by atomic mass is 9.85. The summed E-state index contributed by atoms with van der Waals surface area (Å²) in [7, 11) is 5.59. The van der Waals surface area contributed by atoms with Crippen molar-refractivity contribution in [3.63, 3.8) is 0 Å². The maximum absolute atomic E-state index is 13.5. The topological polar surface area (TPSA) is 149 Å². The number of aromatic nitrogens is 5. The second-order valence-electron chi connectivity index (χ2n) is 15.4. The highest BCUT2D eigenvalue weighted by Crippen LogP contribution is 2.36. The van der Waals surface area contributed by atoms with Gasteiger partial charge in [-0.15, -0.1) is 0 Å². The number of hydrogen-bond donors (Lipinski definition) is 2. The molecule has 0 bridgehead atoms. The van der Waals surface area contributed by atoms with E-state index in [1.807, 2.05) is 29.1 Å². The van der Waals surface area contributed by atoms with Crippen molar-refractivity contribution < 1.29 is 32.3 Å². The number of anilines is 2. The normalized spacial score (nSPS) is 23.1. The number of ether oxygens (including phenoxy) is 1. The van der Waals surface area contributed by atoms with Crippen LogP contribution in [0.3, 0.4) is 0 Å². The van der Waals surface area contributed by atoms with Gasteiger partial charge < -0.3 is 15.0 Å². The van der Waals surface area contributed by atoms with Crippen molar-refractivity contribution in [2.45, 2.75) is 68.9 Å². The van der Waals surface area contributed by atoms with E-state index in [1.165, 1.54) is 10.6 Å². The Morgan fingerprint density at radius 3 is 2.53 bits per heavy atom. The molecular weight excluding hydrogens is 743 g/mol. The van der Waals surface area contributed by atoms with Gasteiger partial charge in [-0.2, -0.15) is 18.3 Å². The summed E-state index contributed by atoms with van der Waals surface area (Å²) >= 11 is 0. The molecule has 14 nitrogen and oxygen atoms in total. The predicted molar refractivity (Wildman–Crippen MR) is 206 cm³/mol. The number of aryl methyl sites for hydroxylation is 1. The van der Waals surface area contributed by atoms with Crippen LogP contribution in [-0.4, -0.2) is 92.5 Å². The molecule has 1 aliphatic carbocycles. The number of carbonyl (C=O) groups is 3. The standard InChI is InChI=1S/C40H44F3N9O5/c1-48(32-21-50(22-33(32)57-3)29-7-5-8-30-36(29)49(2)39(56)52(30)31-16-17-35(53)46-38(31)55)19-23-10-13-26(14-11-23)51-20-24-18-25(12-15-27(24)47-51)44-37(54)28-6-4-9-34(45-28)40(41,42)43/h4-9,12,15,18,20,23,26,31-33H,10-11,13-14,16-17,19,21-22H2,1-3H3,(H,44,54)(H,46,53,55)/t23-,26-,31?,32-,33-/m1/s1. The van der Waals surface area contributed by atoms with Crippen LogP contribution in [-0.2, 0) is 27.5 Å². The lowest BCUT2D eigenvalue weighted by Gasteiger charge is -2.35. The molecule has 2 aliphatic heterocycles. The van der Waals surface area contributed by atoms with E-state index in [9.17, 15) is 32.3 Å². The second-order valence-corrected chi connectivity index (χ2v) is 15.4. The van der Waals surface area contributed by atoms with E-state index in [-0.39, 0.29) is 48.3 Å². The number of alkyl halides is 3. The van der Waals surface area contributed by atoms with Crippen LogP contribution < -0.4 is 21.2 Å². The molecule has 2 aromatic carbocycles. The smallest absolute Gasteiger partial charge is 0.378 e. The van der Waals surface area contributed by atoms with E-state index in [0.29, 0.717) is 30.2 Å². The molecule has 17 heteroatoms. The number of nitrogens with zero attached hydrogens (tertiary/aromatic N) is 7. The summed E-state index contributed by atoms with van der Waals surface area (Å²) in [6.07, 6.45) is 1.61. The molecule has 0 spiro atoms. The fraction of sp³-hybridized carbons (Fsp3) is 0.450. The first-order valence-electron chi connectivity index (χ1n) is 19.1. The van der Waals surface area contributed by atoms with Gasteiger partial charge in [0.05, 0.1) is 40.4 Å². The molecule has 3 fully saturated rings. The third-order valence-corrected chi connectivity index (χ3v) is 11.8. The van der Waals surface area contributed by atoms with E-state index in [2.05, 4.69) is 32.5 Å². The van der Waals surface area contributed by atoms with Crippen LogP contribution in [0.15, 0.2) is 65.6 Å².